The van der Waals surface area contributed by atoms with E-state index in [2.05, 4.69) is 36.5 Å². The van der Waals surface area contributed by atoms with E-state index in [4.69, 9.17) is 4.74 Å². The first kappa shape index (κ1) is 21.5. The van der Waals surface area contributed by atoms with Gasteiger partial charge in [-0.25, -0.2) is 19.2 Å². The molecule has 1 amide bonds. The molecule has 0 bridgehead atoms. The lowest BCUT2D eigenvalue weighted by molar-refractivity contribution is -0.142. The Morgan fingerprint density at radius 2 is 1.87 bits per heavy atom. The number of aromatic nitrogens is 2. The van der Waals surface area contributed by atoms with Gasteiger partial charge in [0.2, 0.25) is 5.95 Å². The van der Waals surface area contributed by atoms with Gasteiger partial charge in [0, 0.05) is 16.7 Å². The van der Waals surface area contributed by atoms with Crippen molar-refractivity contribution in [2.75, 3.05) is 5.32 Å². The number of ether oxygens (including phenoxy) is 1. The smallest absolute Gasteiger partial charge is 0.406 e. The minimum atomic E-state index is -4.89. The zero-order valence-corrected chi connectivity index (χ0v) is 16.6. The van der Waals surface area contributed by atoms with Crippen LogP contribution in [0.25, 0.3) is 0 Å². The average molecular weight is 485 g/mol. The number of hydrogen-bond donors (Lipinski definition) is 2. The molecule has 0 aliphatic carbocycles. The Balaban J connectivity index is 1.73. The van der Waals surface area contributed by atoms with Gasteiger partial charge in [0.25, 0.3) is 0 Å². The molecule has 3 rings (SSSR count). The summed E-state index contributed by atoms with van der Waals surface area (Å²) in [5, 5.41) is 4.93. The molecule has 0 atom stereocenters. The van der Waals surface area contributed by atoms with Gasteiger partial charge in [0.15, 0.2) is 11.4 Å². The number of anilines is 2. The van der Waals surface area contributed by atoms with Crippen molar-refractivity contribution < 1.29 is 27.1 Å². The molecule has 0 spiro atoms. The second-order valence-corrected chi connectivity index (χ2v) is 6.82. The van der Waals surface area contributed by atoms with Crippen molar-refractivity contribution in [3.05, 3.63) is 76.3 Å². The van der Waals surface area contributed by atoms with E-state index < -0.39 is 29.5 Å². The fraction of sp³-hybridized carbons (Fsp3) is 0.105. The molecule has 0 aliphatic heterocycles. The first-order valence-corrected chi connectivity index (χ1v) is 9.17. The number of nitrogens with one attached hydrogen (secondary N) is 2. The molecule has 11 heteroatoms. The summed E-state index contributed by atoms with van der Waals surface area (Å²) in [6.45, 7) is -0.0656. The Kier molecular flexibility index (Phi) is 6.50. The molecule has 0 unspecified atom stereocenters. The Morgan fingerprint density at radius 1 is 1.13 bits per heavy atom. The van der Waals surface area contributed by atoms with Gasteiger partial charge in [-0.3, -0.25) is 0 Å². The zero-order chi connectivity index (χ0) is 21.7. The van der Waals surface area contributed by atoms with Gasteiger partial charge in [0.05, 0.1) is 6.20 Å². The van der Waals surface area contributed by atoms with Crippen LogP contribution in [-0.4, -0.2) is 16.1 Å². The lowest BCUT2D eigenvalue weighted by Crippen LogP contribution is -2.27. The maximum absolute atomic E-state index is 13.4. The van der Waals surface area contributed by atoms with E-state index in [0.717, 1.165) is 6.20 Å². The van der Waals surface area contributed by atoms with Crippen LogP contribution in [0.5, 0.6) is 5.75 Å². The van der Waals surface area contributed by atoms with Crippen molar-refractivity contribution in [3.63, 3.8) is 0 Å². The monoisotopic (exact) mass is 484 g/mol. The molecule has 0 saturated carbocycles. The number of hydrogen-bond acceptors (Lipinski definition) is 5. The average Bonchev–Trinajstić information content (AvgIpc) is 2.68. The molecule has 0 radical (unpaired) electrons. The molecule has 0 fully saturated rings. The summed E-state index contributed by atoms with van der Waals surface area (Å²) in [6, 6.07) is 11.9. The Hall–Kier alpha value is -3.21. The minimum absolute atomic E-state index is 0.0656. The normalized spacial score (nSPS) is 11.1. The highest BCUT2D eigenvalue weighted by Gasteiger charge is 2.38. The molecule has 1 heterocycles. The molecular formula is C19H13BrF4N4O2. The third-order valence-corrected chi connectivity index (χ3v) is 4.15. The van der Waals surface area contributed by atoms with Gasteiger partial charge >= 0.3 is 12.3 Å². The van der Waals surface area contributed by atoms with Crippen molar-refractivity contribution in [3.8, 4) is 5.75 Å². The second kappa shape index (κ2) is 9.08. The number of nitrogens with zero attached hydrogens (tertiary/aromatic N) is 2. The molecule has 6 nitrogen and oxygen atoms in total. The van der Waals surface area contributed by atoms with Crippen LogP contribution in [0, 0.1) is 5.82 Å². The quantitative estimate of drug-likeness (QED) is 0.472. The van der Waals surface area contributed by atoms with E-state index in [9.17, 15) is 22.4 Å². The third kappa shape index (κ3) is 5.89. The maximum Gasteiger partial charge on any atom is 0.437 e. The van der Waals surface area contributed by atoms with E-state index in [1.807, 2.05) is 0 Å². The van der Waals surface area contributed by atoms with Crippen LogP contribution >= 0.6 is 15.9 Å². The largest absolute Gasteiger partial charge is 0.437 e. The molecule has 2 N–H and O–H groups in total. The predicted octanol–water partition coefficient (Wildman–Crippen LogP) is 5.43. The Labute approximate surface area is 176 Å². The summed E-state index contributed by atoms with van der Waals surface area (Å²) in [4.78, 5) is 19.1. The van der Waals surface area contributed by atoms with Gasteiger partial charge < -0.3 is 15.4 Å². The summed E-state index contributed by atoms with van der Waals surface area (Å²) >= 11 is 3.25. The standard InChI is InChI=1S/C19H13BrF4N4O2/c20-12-2-1-3-14(8-12)27-17-25-10-15(16(28-17)19(22,23)24)30-18(29)26-9-11-4-6-13(21)7-5-11/h1-8,10H,9H2,(H,26,29)(H,25,27,28). The van der Waals surface area contributed by atoms with E-state index in [1.54, 1.807) is 24.3 Å². The van der Waals surface area contributed by atoms with Crippen LogP contribution in [-0.2, 0) is 12.7 Å². The van der Waals surface area contributed by atoms with E-state index in [1.165, 1.54) is 24.3 Å². The number of benzene rings is 2. The van der Waals surface area contributed by atoms with Crippen molar-refractivity contribution in [2.45, 2.75) is 12.7 Å². The lowest BCUT2D eigenvalue weighted by Gasteiger charge is -2.14. The number of amides is 1. The Morgan fingerprint density at radius 3 is 2.53 bits per heavy atom. The van der Waals surface area contributed by atoms with Crippen molar-refractivity contribution in [2.24, 2.45) is 0 Å². The summed E-state index contributed by atoms with van der Waals surface area (Å²) in [6.07, 6.45) is -5.27. The molecule has 0 aliphatic rings. The van der Waals surface area contributed by atoms with E-state index in [-0.39, 0.29) is 12.5 Å². The highest BCUT2D eigenvalue weighted by Crippen LogP contribution is 2.35. The molecule has 156 valence electrons. The number of halogens is 5. The van der Waals surface area contributed by atoms with Gasteiger partial charge in [-0.05, 0) is 35.9 Å². The zero-order valence-electron chi connectivity index (χ0n) is 15.0. The van der Waals surface area contributed by atoms with Gasteiger partial charge in [-0.1, -0.05) is 34.1 Å². The molecule has 1 aromatic heterocycles. The predicted molar refractivity (Wildman–Crippen MR) is 104 cm³/mol. The van der Waals surface area contributed by atoms with Crippen LogP contribution < -0.4 is 15.4 Å². The van der Waals surface area contributed by atoms with Gasteiger partial charge in [-0.2, -0.15) is 13.2 Å². The van der Waals surface area contributed by atoms with Crippen molar-refractivity contribution in [1.82, 2.24) is 15.3 Å². The number of carbonyl (C=O) groups is 1. The van der Waals surface area contributed by atoms with Gasteiger partial charge in [0.1, 0.15) is 5.82 Å². The van der Waals surface area contributed by atoms with Crippen molar-refractivity contribution >= 4 is 33.7 Å². The van der Waals surface area contributed by atoms with Crippen LogP contribution in [0.2, 0.25) is 0 Å². The summed E-state index contributed by atoms with van der Waals surface area (Å²) < 4.78 is 58.5. The molecule has 30 heavy (non-hydrogen) atoms. The van der Waals surface area contributed by atoms with Crippen LogP contribution in [0.4, 0.5) is 34.0 Å². The van der Waals surface area contributed by atoms with Gasteiger partial charge in [-0.15, -0.1) is 0 Å². The number of rotatable bonds is 5. The van der Waals surface area contributed by atoms with Crippen LogP contribution in [0.1, 0.15) is 11.3 Å². The van der Waals surface area contributed by atoms with Crippen LogP contribution in [0.3, 0.4) is 0 Å². The van der Waals surface area contributed by atoms with E-state index in [0.29, 0.717) is 15.7 Å². The maximum atomic E-state index is 13.4. The highest BCUT2D eigenvalue weighted by atomic mass is 79.9. The number of carbonyl (C=O) groups excluding carboxylic acids is 1. The highest BCUT2D eigenvalue weighted by molar-refractivity contribution is 9.10. The summed E-state index contributed by atoms with van der Waals surface area (Å²) in [7, 11) is 0. The summed E-state index contributed by atoms with van der Waals surface area (Å²) in [5.74, 6) is -1.62. The molecule has 0 saturated heterocycles. The molecular weight excluding hydrogens is 472 g/mol. The fourth-order valence-corrected chi connectivity index (χ4v) is 2.72. The first-order chi connectivity index (χ1) is 14.2. The molecule has 2 aromatic carbocycles. The topological polar surface area (TPSA) is 76.1 Å². The minimum Gasteiger partial charge on any atom is -0.406 e. The fourth-order valence-electron chi connectivity index (χ4n) is 2.32. The van der Waals surface area contributed by atoms with E-state index >= 15 is 0 Å². The third-order valence-electron chi connectivity index (χ3n) is 3.66. The lowest BCUT2D eigenvalue weighted by atomic mass is 10.2. The second-order valence-electron chi connectivity index (χ2n) is 5.91. The van der Waals surface area contributed by atoms with Crippen molar-refractivity contribution in [1.29, 1.82) is 0 Å². The first-order valence-electron chi connectivity index (χ1n) is 8.37. The van der Waals surface area contributed by atoms with Crippen LogP contribution in [0.15, 0.2) is 59.2 Å². The Bertz CT molecular complexity index is 1050. The SMILES string of the molecule is O=C(NCc1ccc(F)cc1)Oc1cnc(Nc2cccc(Br)c2)nc1C(F)(F)F. The molecule has 3 aromatic rings. The summed E-state index contributed by atoms with van der Waals surface area (Å²) in [5.41, 5.74) is -0.413. The number of alkyl halides is 3.